The average molecular weight is 350 g/mol. The van der Waals surface area contributed by atoms with E-state index < -0.39 is 15.2 Å². The van der Waals surface area contributed by atoms with E-state index in [4.69, 9.17) is 11.6 Å². The van der Waals surface area contributed by atoms with E-state index in [9.17, 15) is 8.42 Å². The van der Waals surface area contributed by atoms with E-state index in [0.29, 0.717) is 29.7 Å². The first-order valence-electron chi connectivity index (χ1n) is 6.82. The normalized spacial score (nSPS) is 19.8. The van der Waals surface area contributed by atoms with E-state index >= 15 is 0 Å². The lowest BCUT2D eigenvalue weighted by molar-refractivity contribution is 0.583. The minimum atomic E-state index is -3.17. The average Bonchev–Trinajstić information content (AvgIpc) is 2.44. The number of aromatic nitrogens is 1. The Hall–Kier alpha value is -0.500. The second kappa shape index (κ2) is 7.17. The smallest absolute Gasteiger partial charge is 0.169 e. The van der Waals surface area contributed by atoms with Gasteiger partial charge in [-0.2, -0.15) is 11.8 Å². The van der Waals surface area contributed by atoms with Crippen LogP contribution in [0.4, 0.5) is 5.82 Å². The second-order valence-electron chi connectivity index (χ2n) is 4.98. The Morgan fingerprint density at radius 1 is 1.57 bits per heavy atom. The van der Waals surface area contributed by atoms with Crippen molar-refractivity contribution in [3.05, 3.63) is 22.8 Å². The summed E-state index contributed by atoms with van der Waals surface area (Å²) in [5.41, 5.74) is 0.993. The zero-order valence-electron chi connectivity index (χ0n) is 12.2. The molecular weight excluding hydrogens is 330 g/mol. The molecule has 118 valence electrons. The molecule has 1 aliphatic rings. The molecule has 0 saturated carbocycles. The molecule has 0 bridgehead atoms. The lowest BCUT2D eigenvalue weighted by Crippen LogP contribution is -2.47. The van der Waals surface area contributed by atoms with Gasteiger partial charge in [-0.25, -0.2) is 13.4 Å². The molecule has 1 saturated heterocycles. The van der Waals surface area contributed by atoms with Gasteiger partial charge in [0.05, 0.1) is 5.02 Å². The van der Waals surface area contributed by atoms with Crippen LogP contribution in [0.15, 0.2) is 12.3 Å². The number of hydrogen-bond donors (Lipinski definition) is 1. The summed E-state index contributed by atoms with van der Waals surface area (Å²) in [5, 5.41) is 3.16. The summed E-state index contributed by atoms with van der Waals surface area (Å²) in [6, 6.07) is 1.85. The van der Waals surface area contributed by atoms with Crippen LogP contribution in [-0.4, -0.2) is 49.6 Å². The molecule has 0 aromatic carbocycles. The first kappa shape index (κ1) is 16.9. The fourth-order valence-corrected chi connectivity index (χ4v) is 5.34. The van der Waals surface area contributed by atoms with Crippen molar-refractivity contribution >= 4 is 39.0 Å². The third-order valence-electron chi connectivity index (χ3n) is 3.31. The molecule has 1 unspecified atom stereocenters. The van der Waals surface area contributed by atoms with Crippen LogP contribution < -0.4 is 10.2 Å². The maximum Gasteiger partial charge on any atom is 0.169 e. The fourth-order valence-electron chi connectivity index (χ4n) is 2.23. The van der Waals surface area contributed by atoms with Crippen molar-refractivity contribution in [2.45, 2.75) is 18.8 Å². The molecule has 0 aliphatic carbocycles. The summed E-state index contributed by atoms with van der Waals surface area (Å²) in [7, 11) is -3.17. The highest BCUT2D eigenvalue weighted by Gasteiger charge is 2.32. The molecule has 5 nitrogen and oxygen atoms in total. The number of rotatable bonds is 5. The van der Waals surface area contributed by atoms with E-state index in [0.717, 1.165) is 17.9 Å². The van der Waals surface area contributed by atoms with Gasteiger partial charge in [-0.15, -0.1) is 0 Å². The number of pyridine rings is 1. The van der Waals surface area contributed by atoms with Crippen LogP contribution in [0, 0.1) is 0 Å². The van der Waals surface area contributed by atoms with Gasteiger partial charge >= 0.3 is 0 Å². The van der Waals surface area contributed by atoms with Gasteiger partial charge in [0.2, 0.25) is 0 Å². The number of thioether (sulfide) groups is 1. The number of nitrogens with zero attached hydrogens (tertiary/aromatic N) is 2. The van der Waals surface area contributed by atoms with Gasteiger partial charge < -0.3 is 10.2 Å². The molecule has 2 rings (SSSR count). The Morgan fingerprint density at radius 3 is 2.95 bits per heavy atom. The first-order valence-corrected chi connectivity index (χ1v) is 10.3. The van der Waals surface area contributed by atoms with Crippen molar-refractivity contribution in [2.75, 3.05) is 35.8 Å². The van der Waals surface area contributed by atoms with Crippen LogP contribution in [0.1, 0.15) is 12.5 Å². The molecule has 2 heterocycles. The molecule has 1 aliphatic heterocycles. The molecule has 0 amide bonds. The topological polar surface area (TPSA) is 62.3 Å². The molecule has 0 radical (unpaired) electrons. The van der Waals surface area contributed by atoms with Crippen LogP contribution in [0.3, 0.4) is 0 Å². The van der Waals surface area contributed by atoms with Crippen LogP contribution in [0.2, 0.25) is 5.02 Å². The van der Waals surface area contributed by atoms with Crippen LogP contribution in [-0.2, 0) is 16.4 Å². The van der Waals surface area contributed by atoms with Crippen molar-refractivity contribution in [3.8, 4) is 0 Å². The van der Waals surface area contributed by atoms with Gasteiger partial charge in [-0.05, 0) is 18.2 Å². The van der Waals surface area contributed by atoms with Gasteiger partial charge in [0, 0.05) is 37.0 Å². The van der Waals surface area contributed by atoms with Gasteiger partial charge in [-0.3, -0.25) is 0 Å². The SMILES string of the molecule is CCNCc1cnc(N2CCSCC2S(C)(=O)=O)c(Cl)c1. The third kappa shape index (κ3) is 4.25. The van der Waals surface area contributed by atoms with E-state index in [-0.39, 0.29) is 0 Å². The van der Waals surface area contributed by atoms with E-state index in [2.05, 4.69) is 10.3 Å². The Balaban J connectivity index is 2.27. The predicted octanol–water partition coefficient (Wildman–Crippen LogP) is 1.77. The van der Waals surface area contributed by atoms with Gasteiger partial charge in [0.25, 0.3) is 0 Å². The van der Waals surface area contributed by atoms with E-state index in [1.807, 2.05) is 17.9 Å². The van der Waals surface area contributed by atoms with Crippen LogP contribution >= 0.6 is 23.4 Å². The largest absolute Gasteiger partial charge is 0.337 e. The Labute approximate surface area is 135 Å². The minimum absolute atomic E-state index is 0.506. The zero-order chi connectivity index (χ0) is 15.5. The molecule has 0 spiro atoms. The number of nitrogens with one attached hydrogen (secondary N) is 1. The number of halogens is 1. The van der Waals surface area contributed by atoms with Gasteiger partial charge in [-0.1, -0.05) is 18.5 Å². The summed E-state index contributed by atoms with van der Waals surface area (Å²) in [6.45, 7) is 4.25. The van der Waals surface area contributed by atoms with Crippen molar-refractivity contribution in [1.29, 1.82) is 0 Å². The van der Waals surface area contributed by atoms with Crippen LogP contribution in [0.5, 0.6) is 0 Å². The number of sulfone groups is 1. The standard InChI is InChI=1S/C13H20ClN3O2S2/c1-3-15-7-10-6-11(14)13(16-8-10)17-4-5-20-9-12(17)21(2,18)19/h6,8,12,15H,3-5,7,9H2,1-2H3. The molecule has 21 heavy (non-hydrogen) atoms. The minimum Gasteiger partial charge on any atom is -0.337 e. The fraction of sp³-hybridized carbons (Fsp3) is 0.615. The molecule has 1 fully saturated rings. The van der Waals surface area contributed by atoms with Crippen LogP contribution in [0.25, 0.3) is 0 Å². The maximum absolute atomic E-state index is 12.0. The number of hydrogen-bond acceptors (Lipinski definition) is 6. The quantitative estimate of drug-likeness (QED) is 0.874. The maximum atomic E-state index is 12.0. The zero-order valence-corrected chi connectivity index (χ0v) is 14.6. The summed E-state index contributed by atoms with van der Waals surface area (Å²) in [5.74, 6) is 1.99. The summed E-state index contributed by atoms with van der Waals surface area (Å²) in [6.07, 6.45) is 3.02. The highest BCUT2D eigenvalue weighted by atomic mass is 35.5. The van der Waals surface area contributed by atoms with Gasteiger partial charge in [0.15, 0.2) is 9.84 Å². The van der Waals surface area contributed by atoms with E-state index in [1.54, 1.807) is 18.0 Å². The highest BCUT2D eigenvalue weighted by molar-refractivity contribution is 8.01. The monoisotopic (exact) mass is 349 g/mol. The van der Waals surface area contributed by atoms with Crippen molar-refractivity contribution in [2.24, 2.45) is 0 Å². The Morgan fingerprint density at radius 2 is 2.33 bits per heavy atom. The van der Waals surface area contributed by atoms with Gasteiger partial charge in [0.1, 0.15) is 11.2 Å². The molecule has 8 heteroatoms. The molecule has 1 atom stereocenters. The molecule has 1 aromatic rings. The van der Waals surface area contributed by atoms with Crippen molar-refractivity contribution in [3.63, 3.8) is 0 Å². The van der Waals surface area contributed by atoms with Crippen molar-refractivity contribution < 1.29 is 8.42 Å². The molecule has 1 N–H and O–H groups in total. The Bertz CT molecular complexity index is 595. The summed E-state index contributed by atoms with van der Waals surface area (Å²) < 4.78 is 23.9. The summed E-state index contributed by atoms with van der Waals surface area (Å²) in [4.78, 5) is 6.21. The van der Waals surface area contributed by atoms with Crippen molar-refractivity contribution in [1.82, 2.24) is 10.3 Å². The molecule has 1 aromatic heterocycles. The highest BCUT2D eigenvalue weighted by Crippen LogP contribution is 2.30. The lowest BCUT2D eigenvalue weighted by Gasteiger charge is -2.35. The lowest BCUT2D eigenvalue weighted by atomic mass is 10.2. The predicted molar refractivity (Wildman–Crippen MR) is 89.9 cm³/mol. The Kier molecular flexibility index (Phi) is 5.76. The third-order valence-corrected chi connectivity index (χ3v) is 6.23. The second-order valence-corrected chi connectivity index (χ2v) is 8.74. The molecular formula is C13H20ClN3O2S2. The first-order chi connectivity index (χ1) is 9.93. The van der Waals surface area contributed by atoms with E-state index in [1.165, 1.54) is 6.26 Å². The number of anilines is 1. The summed E-state index contributed by atoms with van der Waals surface area (Å²) >= 11 is 7.97.